The van der Waals surface area contributed by atoms with Gasteiger partial charge >= 0.3 is 11.9 Å². The van der Waals surface area contributed by atoms with Crippen LogP contribution in [0.4, 0.5) is 0 Å². The van der Waals surface area contributed by atoms with E-state index in [2.05, 4.69) is 23.2 Å². The zero-order valence-corrected chi connectivity index (χ0v) is 13.2. The molecule has 0 heterocycles. The maximum Gasteiger partial charge on any atom is 0.346 e. The van der Waals surface area contributed by atoms with Gasteiger partial charge in [-0.2, -0.15) is 0 Å². The molecule has 7 nitrogen and oxygen atoms in total. The van der Waals surface area contributed by atoms with E-state index in [-0.39, 0.29) is 11.9 Å². The molecule has 0 bridgehead atoms. The summed E-state index contributed by atoms with van der Waals surface area (Å²) in [7, 11) is -3.92. The fraction of sp³-hybridized carbons (Fsp3) is 0.286. The standard InChI is InChI=1S/C13H15N3O.CH4O3S/c1-8-2-3-9-4-5-10(11(9)6-8)7-12(17)16-13(14)15;1-5(2,3)4/h2-3,6-7H,4-5H2,1H3,(H4,14,15,16,17);1H3,(H,2,3,4)/b10-7+;. The van der Waals surface area contributed by atoms with Gasteiger partial charge in [0, 0.05) is 12.3 Å². The highest BCUT2D eigenvalue weighted by Crippen LogP contribution is 2.32. The van der Waals surface area contributed by atoms with Gasteiger partial charge < -0.3 is 4.55 Å². The number of nitrogens with two attached hydrogens (primary N) is 2. The number of carbonyl (C=O) groups is 1. The van der Waals surface area contributed by atoms with E-state index in [9.17, 15) is 4.79 Å². The summed E-state index contributed by atoms with van der Waals surface area (Å²) in [6, 6.07) is 6.32. The Morgan fingerprint density at radius 2 is 1.91 bits per heavy atom. The first-order valence-corrected chi connectivity index (χ1v) is 8.28. The highest BCUT2D eigenvalue weighted by atomic mass is 32.2. The predicted octanol–water partition coefficient (Wildman–Crippen LogP) is -1.63. The molecule has 1 aliphatic carbocycles. The summed E-state index contributed by atoms with van der Waals surface area (Å²) < 4.78 is 27.2. The van der Waals surface area contributed by atoms with Crippen LogP contribution in [0.5, 0.6) is 0 Å². The van der Waals surface area contributed by atoms with Gasteiger partial charge in [-0.15, -0.1) is 0 Å². The molecule has 120 valence electrons. The number of hydrogen-bond acceptors (Lipinski definition) is 4. The Bertz CT molecular complexity index is 724. The average molecular weight is 325 g/mol. The average Bonchev–Trinajstić information content (AvgIpc) is 2.68. The highest BCUT2D eigenvalue weighted by Gasteiger charge is 2.17. The molecule has 1 aliphatic rings. The molecular formula is C14H19N3O4S. The summed E-state index contributed by atoms with van der Waals surface area (Å²) in [5.74, 6) is -0.344. The van der Waals surface area contributed by atoms with E-state index in [1.165, 1.54) is 11.1 Å². The van der Waals surface area contributed by atoms with Gasteiger partial charge in [-0.1, -0.05) is 23.8 Å². The molecule has 0 atom stereocenters. The van der Waals surface area contributed by atoms with Crippen LogP contribution in [0.15, 0.2) is 24.3 Å². The molecule has 8 heteroatoms. The molecule has 0 unspecified atom stereocenters. The van der Waals surface area contributed by atoms with E-state index in [0.717, 1.165) is 24.0 Å². The molecule has 0 fully saturated rings. The van der Waals surface area contributed by atoms with Gasteiger partial charge in [0.05, 0.1) is 10.1 Å². The van der Waals surface area contributed by atoms with Gasteiger partial charge in [0.1, 0.15) is 0 Å². The van der Waals surface area contributed by atoms with E-state index in [4.69, 9.17) is 24.4 Å². The topological polar surface area (TPSA) is 140 Å². The molecule has 2 rings (SSSR count). The molecule has 0 aliphatic heterocycles. The molecule has 0 radical (unpaired) electrons. The molecule has 0 saturated carbocycles. The van der Waals surface area contributed by atoms with E-state index in [0.29, 0.717) is 6.26 Å². The SMILES string of the molecule is CS(=O)(=O)[O-].Cc1ccc2c(c1)/C(=C/C(=O)[NH+]=C(N)N)CC2. The maximum atomic E-state index is 11.5. The lowest BCUT2D eigenvalue weighted by Gasteiger charge is -2.01. The molecular weight excluding hydrogens is 306 g/mol. The Kier molecular flexibility index (Phi) is 5.84. The Labute approximate surface area is 129 Å². The second kappa shape index (κ2) is 7.19. The lowest BCUT2D eigenvalue weighted by molar-refractivity contribution is -0.372. The molecule has 0 aromatic heterocycles. The van der Waals surface area contributed by atoms with Crippen molar-refractivity contribution in [2.45, 2.75) is 19.8 Å². The van der Waals surface area contributed by atoms with Crippen LogP contribution in [0.1, 0.15) is 23.1 Å². The monoisotopic (exact) mass is 325 g/mol. The number of carbonyl (C=O) groups excluding carboxylic acids is 1. The first-order valence-electron chi connectivity index (χ1n) is 6.46. The van der Waals surface area contributed by atoms with Crippen molar-refractivity contribution in [3.05, 3.63) is 41.0 Å². The fourth-order valence-corrected chi connectivity index (χ4v) is 2.10. The minimum absolute atomic E-state index is 0.0747. The van der Waals surface area contributed by atoms with E-state index in [1.54, 1.807) is 6.08 Å². The summed E-state index contributed by atoms with van der Waals surface area (Å²) in [6.07, 6.45) is 4.05. The number of fused-ring (bicyclic) bond motifs is 1. The number of aryl methyl sites for hydroxylation is 2. The third-order valence-corrected chi connectivity index (χ3v) is 2.85. The Hall–Kier alpha value is -2.19. The summed E-state index contributed by atoms with van der Waals surface area (Å²) in [5, 5.41) is 0. The third kappa shape index (κ3) is 6.51. The molecule has 1 aromatic carbocycles. The molecule has 0 saturated heterocycles. The van der Waals surface area contributed by atoms with Crippen LogP contribution in [-0.4, -0.2) is 31.1 Å². The largest absolute Gasteiger partial charge is 0.748 e. The molecule has 1 aromatic rings. The van der Waals surface area contributed by atoms with Crippen LogP contribution < -0.4 is 16.5 Å². The first-order chi connectivity index (χ1) is 10.1. The smallest absolute Gasteiger partial charge is 0.346 e. The van der Waals surface area contributed by atoms with Crippen LogP contribution >= 0.6 is 0 Å². The number of benzene rings is 1. The zero-order chi connectivity index (χ0) is 16.9. The summed E-state index contributed by atoms with van der Waals surface area (Å²) >= 11 is 0. The minimum atomic E-state index is -3.92. The second-order valence-corrected chi connectivity index (χ2v) is 6.39. The van der Waals surface area contributed by atoms with Crippen molar-refractivity contribution in [3.63, 3.8) is 0 Å². The summed E-state index contributed by atoms with van der Waals surface area (Å²) in [4.78, 5) is 13.9. The second-order valence-electron chi connectivity index (χ2n) is 4.98. The molecule has 0 spiro atoms. The number of rotatable bonds is 1. The number of guanidine groups is 1. The minimum Gasteiger partial charge on any atom is -0.748 e. The van der Waals surface area contributed by atoms with Crippen molar-refractivity contribution >= 4 is 27.6 Å². The van der Waals surface area contributed by atoms with Gasteiger partial charge in [-0.05, 0) is 36.5 Å². The molecule has 1 amide bonds. The number of amides is 1. The van der Waals surface area contributed by atoms with Crippen molar-refractivity contribution in [1.29, 1.82) is 0 Å². The lowest BCUT2D eigenvalue weighted by Crippen LogP contribution is -2.81. The quantitative estimate of drug-likeness (QED) is 0.245. The number of allylic oxidation sites excluding steroid dienone is 1. The molecule has 22 heavy (non-hydrogen) atoms. The van der Waals surface area contributed by atoms with Gasteiger partial charge in [0.2, 0.25) is 0 Å². The van der Waals surface area contributed by atoms with Crippen LogP contribution in [0.3, 0.4) is 0 Å². The van der Waals surface area contributed by atoms with Crippen LogP contribution in [0, 0.1) is 6.92 Å². The van der Waals surface area contributed by atoms with E-state index >= 15 is 0 Å². The van der Waals surface area contributed by atoms with Crippen LogP contribution in [0.2, 0.25) is 0 Å². The van der Waals surface area contributed by atoms with Gasteiger partial charge in [0.25, 0.3) is 0 Å². The fourth-order valence-electron chi connectivity index (χ4n) is 2.10. The van der Waals surface area contributed by atoms with Crippen molar-refractivity contribution < 1.29 is 22.8 Å². The first kappa shape index (κ1) is 17.9. The van der Waals surface area contributed by atoms with Crippen LogP contribution in [0.25, 0.3) is 5.57 Å². The van der Waals surface area contributed by atoms with Gasteiger partial charge in [0.15, 0.2) is 0 Å². The number of nitrogens with one attached hydrogen (secondary N) is 1. The summed E-state index contributed by atoms with van der Waals surface area (Å²) in [6.45, 7) is 2.04. The van der Waals surface area contributed by atoms with Crippen molar-refractivity contribution in [3.8, 4) is 0 Å². The van der Waals surface area contributed by atoms with Crippen molar-refractivity contribution in [2.75, 3.05) is 6.26 Å². The van der Waals surface area contributed by atoms with Crippen molar-refractivity contribution in [2.24, 2.45) is 11.5 Å². The Morgan fingerprint density at radius 3 is 2.45 bits per heavy atom. The Balaban J connectivity index is 0.000000422. The van der Waals surface area contributed by atoms with Crippen LogP contribution in [-0.2, 0) is 21.3 Å². The Morgan fingerprint density at radius 1 is 1.32 bits per heavy atom. The third-order valence-electron chi connectivity index (χ3n) is 2.85. The zero-order valence-electron chi connectivity index (χ0n) is 12.4. The van der Waals surface area contributed by atoms with E-state index < -0.39 is 10.1 Å². The predicted molar refractivity (Wildman–Crippen MR) is 82.4 cm³/mol. The van der Waals surface area contributed by atoms with Crippen molar-refractivity contribution in [1.82, 2.24) is 0 Å². The highest BCUT2D eigenvalue weighted by molar-refractivity contribution is 7.84. The summed E-state index contributed by atoms with van der Waals surface area (Å²) in [5.41, 5.74) is 15.1. The maximum absolute atomic E-state index is 11.5. The normalized spacial score (nSPS) is 14.8. The van der Waals surface area contributed by atoms with Gasteiger partial charge in [-0.25, -0.2) is 13.4 Å². The lowest BCUT2D eigenvalue weighted by atomic mass is 10.0. The van der Waals surface area contributed by atoms with Gasteiger partial charge in [-0.3, -0.25) is 16.3 Å². The molecule has 5 N–H and O–H groups in total. The van der Waals surface area contributed by atoms with E-state index in [1.807, 2.05) is 6.92 Å². The number of hydrogen-bond donors (Lipinski definition) is 3.